The summed E-state index contributed by atoms with van der Waals surface area (Å²) in [6.07, 6.45) is 6.45. The Labute approximate surface area is 135 Å². The summed E-state index contributed by atoms with van der Waals surface area (Å²) >= 11 is 1.73. The average molecular weight is 312 g/mol. The molecule has 0 aliphatic heterocycles. The Hall–Kier alpha value is -1.80. The Bertz CT molecular complexity index is 663. The Morgan fingerprint density at radius 1 is 1.18 bits per heavy atom. The number of benzene rings is 1. The predicted molar refractivity (Wildman–Crippen MR) is 87.6 cm³/mol. The maximum Gasteiger partial charge on any atom is 0.191 e. The molecule has 0 unspecified atom stereocenters. The van der Waals surface area contributed by atoms with Gasteiger partial charge in [-0.3, -0.25) is 0 Å². The second-order valence-electron chi connectivity index (χ2n) is 5.79. The molecule has 1 aliphatic carbocycles. The molecule has 5 heteroatoms. The molecule has 1 aliphatic rings. The minimum atomic E-state index is 0.562. The highest BCUT2D eigenvalue weighted by Gasteiger charge is 2.21. The standard InChI is InChI=1S/C17H20N4S/c1-13-19-20-17(21(13)16-5-3-2-4-6-16)22-12-15-9-7-14(11-18)8-10-15/h7-10,16H,2-6,12H2,1H3. The predicted octanol–water partition coefficient (Wildman–Crippen LogP) is 4.26. The van der Waals surface area contributed by atoms with Crippen LogP contribution in [0.15, 0.2) is 29.4 Å². The molecular weight excluding hydrogens is 292 g/mol. The highest BCUT2D eigenvalue weighted by molar-refractivity contribution is 7.98. The van der Waals surface area contributed by atoms with Gasteiger partial charge in [0.15, 0.2) is 5.16 Å². The van der Waals surface area contributed by atoms with Gasteiger partial charge in [0.05, 0.1) is 11.6 Å². The molecule has 1 aromatic heterocycles. The molecule has 0 bridgehead atoms. The molecule has 1 aromatic carbocycles. The van der Waals surface area contributed by atoms with E-state index in [2.05, 4.69) is 20.8 Å². The van der Waals surface area contributed by atoms with Crippen LogP contribution in [0.5, 0.6) is 0 Å². The summed E-state index contributed by atoms with van der Waals surface area (Å²) in [6, 6.07) is 10.5. The molecule has 0 saturated heterocycles. The van der Waals surface area contributed by atoms with Crippen molar-refractivity contribution in [3.8, 4) is 6.07 Å². The topological polar surface area (TPSA) is 54.5 Å². The third-order valence-electron chi connectivity index (χ3n) is 4.23. The second-order valence-corrected chi connectivity index (χ2v) is 6.73. The van der Waals surface area contributed by atoms with Gasteiger partial charge in [-0.25, -0.2) is 0 Å². The van der Waals surface area contributed by atoms with Gasteiger partial charge in [0.2, 0.25) is 0 Å². The summed E-state index contributed by atoms with van der Waals surface area (Å²) < 4.78 is 2.33. The second kappa shape index (κ2) is 6.97. The summed E-state index contributed by atoms with van der Waals surface area (Å²) in [5, 5.41) is 18.5. The Kier molecular flexibility index (Phi) is 4.79. The summed E-state index contributed by atoms with van der Waals surface area (Å²) in [5.41, 5.74) is 1.91. The molecule has 3 rings (SSSR count). The summed E-state index contributed by atoms with van der Waals surface area (Å²) in [4.78, 5) is 0. The minimum Gasteiger partial charge on any atom is -0.303 e. The number of hydrogen-bond acceptors (Lipinski definition) is 4. The van der Waals surface area contributed by atoms with Crippen LogP contribution >= 0.6 is 11.8 Å². The molecular formula is C17H20N4S. The lowest BCUT2D eigenvalue weighted by Crippen LogP contribution is -2.15. The summed E-state index contributed by atoms with van der Waals surface area (Å²) in [6.45, 7) is 2.05. The largest absolute Gasteiger partial charge is 0.303 e. The van der Waals surface area contributed by atoms with Gasteiger partial charge >= 0.3 is 0 Å². The van der Waals surface area contributed by atoms with Crippen molar-refractivity contribution in [1.29, 1.82) is 5.26 Å². The molecule has 1 fully saturated rings. The van der Waals surface area contributed by atoms with E-state index in [1.165, 1.54) is 37.7 Å². The maximum atomic E-state index is 8.84. The number of rotatable bonds is 4. The van der Waals surface area contributed by atoms with Crippen molar-refractivity contribution in [2.75, 3.05) is 0 Å². The number of nitriles is 1. The number of aromatic nitrogens is 3. The van der Waals surface area contributed by atoms with Gasteiger partial charge in [0.1, 0.15) is 5.82 Å². The molecule has 1 heterocycles. The fourth-order valence-electron chi connectivity index (χ4n) is 3.03. The Morgan fingerprint density at radius 3 is 2.59 bits per heavy atom. The smallest absolute Gasteiger partial charge is 0.191 e. The first kappa shape index (κ1) is 15.1. The van der Waals surface area contributed by atoms with Crippen molar-refractivity contribution >= 4 is 11.8 Å². The van der Waals surface area contributed by atoms with Crippen molar-refractivity contribution in [2.24, 2.45) is 0 Å². The van der Waals surface area contributed by atoms with Gasteiger partial charge in [-0.15, -0.1) is 10.2 Å². The van der Waals surface area contributed by atoms with E-state index >= 15 is 0 Å². The van der Waals surface area contributed by atoms with Crippen LogP contribution in [0.4, 0.5) is 0 Å². The zero-order valence-electron chi connectivity index (χ0n) is 12.8. The highest BCUT2D eigenvalue weighted by atomic mass is 32.2. The molecule has 0 radical (unpaired) electrons. The van der Waals surface area contributed by atoms with E-state index in [4.69, 9.17) is 5.26 Å². The lowest BCUT2D eigenvalue weighted by molar-refractivity contribution is 0.332. The van der Waals surface area contributed by atoms with Crippen LogP contribution < -0.4 is 0 Å². The van der Waals surface area contributed by atoms with E-state index in [-0.39, 0.29) is 0 Å². The lowest BCUT2D eigenvalue weighted by Gasteiger charge is -2.25. The number of thioether (sulfide) groups is 1. The normalized spacial score (nSPS) is 15.6. The minimum absolute atomic E-state index is 0.562. The van der Waals surface area contributed by atoms with Crippen LogP contribution in [0.2, 0.25) is 0 Å². The number of nitrogens with zero attached hydrogens (tertiary/aromatic N) is 4. The lowest BCUT2D eigenvalue weighted by atomic mass is 9.95. The van der Waals surface area contributed by atoms with Gasteiger partial charge in [-0.05, 0) is 37.5 Å². The average Bonchev–Trinajstić information content (AvgIpc) is 2.95. The molecule has 0 amide bonds. The summed E-state index contributed by atoms with van der Waals surface area (Å²) in [7, 11) is 0. The van der Waals surface area contributed by atoms with Gasteiger partial charge in [-0.2, -0.15) is 5.26 Å². The van der Waals surface area contributed by atoms with Crippen molar-refractivity contribution in [3.63, 3.8) is 0 Å². The van der Waals surface area contributed by atoms with Gasteiger partial charge in [0, 0.05) is 11.8 Å². The van der Waals surface area contributed by atoms with E-state index in [0.29, 0.717) is 11.6 Å². The molecule has 2 aromatic rings. The van der Waals surface area contributed by atoms with Crippen LogP contribution in [0.3, 0.4) is 0 Å². The molecule has 0 atom stereocenters. The SMILES string of the molecule is Cc1nnc(SCc2ccc(C#N)cc2)n1C1CCCCC1. The highest BCUT2D eigenvalue weighted by Crippen LogP contribution is 2.33. The van der Waals surface area contributed by atoms with Crippen molar-refractivity contribution in [1.82, 2.24) is 14.8 Å². The Morgan fingerprint density at radius 2 is 1.91 bits per heavy atom. The van der Waals surface area contributed by atoms with E-state index in [1.807, 2.05) is 31.2 Å². The zero-order valence-corrected chi connectivity index (χ0v) is 13.6. The van der Waals surface area contributed by atoms with Gasteiger partial charge < -0.3 is 4.57 Å². The van der Waals surface area contributed by atoms with Crippen molar-refractivity contribution in [3.05, 3.63) is 41.2 Å². The van der Waals surface area contributed by atoms with Crippen LogP contribution in [0.1, 0.15) is 55.1 Å². The number of aryl methyl sites for hydroxylation is 1. The van der Waals surface area contributed by atoms with Crippen LogP contribution in [0.25, 0.3) is 0 Å². The monoisotopic (exact) mass is 312 g/mol. The van der Waals surface area contributed by atoms with E-state index in [0.717, 1.165) is 16.7 Å². The first-order valence-corrected chi connectivity index (χ1v) is 8.80. The summed E-state index contributed by atoms with van der Waals surface area (Å²) in [5.74, 6) is 1.88. The van der Waals surface area contributed by atoms with E-state index in [9.17, 15) is 0 Å². The maximum absolute atomic E-state index is 8.84. The van der Waals surface area contributed by atoms with Crippen LogP contribution in [-0.4, -0.2) is 14.8 Å². The third-order valence-corrected chi connectivity index (χ3v) is 5.24. The Balaban J connectivity index is 1.71. The zero-order chi connectivity index (χ0) is 15.4. The van der Waals surface area contributed by atoms with Gasteiger partial charge in [0.25, 0.3) is 0 Å². The van der Waals surface area contributed by atoms with E-state index < -0.39 is 0 Å². The first-order valence-electron chi connectivity index (χ1n) is 7.81. The van der Waals surface area contributed by atoms with E-state index in [1.54, 1.807) is 11.8 Å². The van der Waals surface area contributed by atoms with Crippen LogP contribution in [-0.2, 0) is 5.75 Å². The molecule has 114 valence electrons. The van der Waals surface area contributed by atoms with Gasteiger partial charge in [-0.1, -0.05) is 43.2 Å². The van der Waals surface area contributed by atoms with Crippen LogP contribution in [0, 0.1) is 18.3 Å². The molecule has 0 N–H and O–H groups in total. The molecule has 22 heavy (non-hydrogen) atoms. The van der Waals surface area contributed by atoms with Crippen molar-refractivity contribution in [2.45, 2.75) is 56.0 Å². The molecule has 0 spiro atoms. The quantitative estimate of drug-likeness (QED) is 0.792. The first-order chi connectivity index (χ1) is 10.8. The number of hydrogen-bond donors (Lipinski definition) is 0. The van der Waals surface area contributed by atoms with Crippen molar-refractivity contribution < 1.29 is 0 Å². The fourth-order valence-corrected chi connectivity index (χ4v) is 4.04. The third kappa shape index (κ3) is 3.33. The molecule has 1 saturated carbocycles. The molecule has 4 nitrogen and oxygen atoms in total. The fraction of sp³-hybridized carbons (Fsp3) is 0.471.